The van der Waals surface area contributed by atoms with E-state index in [0.717, 1.165) is 16.8 Å². The van der Waals surface area contributed by atoms with Crippen molar-refractivity contribution in [2.24, 2.45) is 7.05 Å². The number of anilines is 1. The van der Waals surface area contributed by atoms with Gasteiger partial charge in [-0.05, 0) is 6.92 Å². The first-order valence-corrected chi connectivity index (χ1v) is 9.44. The molecule has 1 saturated heterocycles. The molecule has 0 N–H and O–H groups in total. The second kappa shape index (κ2) is 6.82. The van der Waals surface area contributed by atoms with Crippen molar-refractivity contribution in [3.05, 3.63) is 48.2 Å². The van der Waals surface area contributed by atoms with Gasteiger partial charge in [-0.3, -0.25) is 4.68 Å². The number of alkyl halides is 3. The molecule has 4 aromatic rings. The molecule has 0 radical (unpaired) electrons. The molecule has 3 aromatic heterocycles. The van der Waals surface area contributed by atoms with Crippen molar-refractivity contribution < 1.29 is 13.2 Å². The normalized spacial score (nSPS) is 14.7. The highest BCUT2D eigenvalue weighted by Crippen LogP contribution is 2.37. The van der Waals surface area contributed by atoms with Gasteiger partial charge in [0.25, 0.3) is 6.43 Å². The number of aromatic nitrogens is 6. The molecule has 7 nitrogen and oxygen atoms in total. The second-order valence-electron chi connectivity index (χ2n) is 7.31. The predicted octanol–water partition coefficient (Wildman–Crippen LogP) is 3.60. The van der Waals surface area contributed by atoms with Crippen LogP contribution < -0.4 is 4.90 Å². The minimum atomic E-state index is -2.53. The first kappa shape index (κ1) is 18.6. The van der Waals surface area contributed by atoms with Gasteiger partial charge in [-0.1, -0.05) is 24.3 Å². The number of rotatable bonds is 4. The van der Waals surface area contributed by atoms with E-state index in [9.17, 15) is 13.2 Å². The first-order chi connectivity index (χ1) is 14.4. The van der Waals surface area contributed by atoms with Gasteiger partial charge in [-0.2, -0.15) is 10.2 Å². The van der Waals surface area contributed by atoms with Crippen molar-refractivity contribution in [3.8, 4) is 22.5 Å². The molecule has 5 rings (SSSR count). The minimum Gasteiger partial charge on any atom is -0.349 e. The Morgan fingerprint density at radius 2 is 1.83 bits per heavy atom. The van der Waals surface area contributed by atoms with Crippen molar-refractivity contribution in [1.29, 1.82) is 0 Å². The van der Waals surface area contributed by atoms with Crippen molar-refractivity contribution in [2.45, 2.75) is 19.5 Å². The molecule has 1 aromatic carbocycles. The Labute approximate surface area is 169 Å². The van der Waals surface area contributed by atoms with Crippen molar-refractivity contribution in [3.63, 3.8) is 0 Å². The average Bonchev–Trinajstić information content (AvgIpc) is 3.26. The molecule has 0 aliphatic carbocycles. The quantitative estimate of drug-likeness (QED) is 0.512. The third kappa shape index (κ3) is 2.82. The van der Waals surface area contributed by atoms with Gasteiger partial charge in [0.1, 0.15) is 29.5 Å². The molecule has 0 spiro atoms. The molecule has 10 heteroatoms. The molecule has 1 fully saturated rings. The van der Waals surface area contributed by atoms with Crippen LogP contribution in [-0.2, 0) is 7.05 Å². The molecule has 30 heavy (non-hydrogen) atoms. The van der Waals surface area contributed by atoms with Gasteiger partial charge < -0.3 is 4.90 Å². The number of hydrogen-bond acceptors (Lipinski definition) is 5. The monoisotopic (exact) mass is 413 g/mol. The maximum atomic E-state index is 13.5. The summed E-state index contributed by atoms with van der Waals surface area (Å²) in [5, 5.41) is 8.67. The lowest BCUT2D eigenvalue weighted by molar-refractivity contribution is 0.151. The summed E-state index contributed by atoms with van der Waals surface area (Å²) in [4.78, 5) is 10.9. The van der Waals surface area contributed by atoms with E-state index in [2.05, 4.69) is 15.2 Å². The molecular formula is C20H18F3N7. The summed E-state index contributed by atoms with van der Waals surface area (Å²) in [5.41, 5.74) is 3.44. The number of fused-ring (bicyclic) bond motifs is 1. The topological polar surface area (TPSA) is 64.1 Å². The predicted molar refractivity (Wildman–Crippen MR) is 105 cm³/mol. The van der Waals surface area contributed by atoms with Crippen LogP contribution in [0.15, 0.2) is 36.8 Å². The summed E-state index contributed by atoms with van der Waals surface area (Å²) in [5.74, 6) is 1.26. The summed E-state index contributed by atoms with van der Waals surface area (Å²) < 4.78 is 42.8. The fraction of sp³-hybridized carbons (Fsp3) is 0.300. The van der Waals surface area contributed by atoms with Crippen LogP contribution in [0.2, 0.25) is 0 Å². The molecule has 0 unspecified atom stereocenters. The van der Waals surface area contributed by atoms with Crippen LogP contribution in [0.3, 0.4) is 0 Å². The Morgan fingerprint density at radius 1 is 1.10 bits per heavy atom. The standard InChI is InChI=1S/C20H18F3N7/c1-11-27-16(18-20(24-10-26-30(11)18)29-8-14(21)9-29)15-7-25-28(2)17(15)12-3-5-13(6-4-12)19(22)23/h3-7,10,14,19H,8-9H2,1-2H3. The first-order valence-electron chi connectivity index (χ1n) is 9.44. The Bertz CT molecular complexity index is 1220. The highest BCUT2D eigenvalue weighted by atomic mass is 19.3. The Balaban J connectivity index is 1.69. The van der Waals surface area contributed by atoms with Gasteiger partial charge in [0.2, 0.25) is 0 Å². The number of benzene rings is 1. The number of hydrogen-bond donors (Lipinski definition) is 0. The number of aryl methyl sites for hydroxylation is 2. The van der Waals surface area contributed by atoms with Gasteiger partial charge in [-0.15, -0.1) is 0 Å². The zero-order chi connectivity index (χ0) is 21.0. The van der Waals surface area contributed by atoms with E-state index in [1.807, 2.05) is 11.8 Å². The van der Waals surface area contributed by atoms with Crippen molar-refractivity contribution in [2.75, 3.05) is 18.0 Å². The van der Waals surface area contributed by atoms with Crippen LogP contribution in [0.25, 0.3) is 28.0 Å². The highest BCUT2D eigenvalue weighted by Gasteiger charge is 2.31. The fourth-order valence-corrected chi connectivity index (χ4v) is 3.82. The van der Waals surface area contributed by atoms with Crippen LogP contribution in [0.1, 0.15) is 17.8 Å². The maximum Gasteiger partial charge on any atom is 0.263 e. The van der Waals surface area contributed by atoms with E-state index >= 15 is 0 Å². The van der Waals surface area contributed by atoms with Gasteiger partial charge in [-0.25, -0.2) is 27.7 Å². The molecule has 1 aliphatic heterocycles. The van der Waals surface area contributed by atoms with Crippen LogP contribution in [0.4, 0.5) is 19.0 Å². The lowest BCUT2D eigenvalue weighted by atomic mass is 10.0. The van der Waals surface area contributed by atoms with Crippen LogP contribution in [-0.4, -0.2) is 48.6 Å². The van der Waals surface area contributed by atoms with Crippen molar-refractivity contribution >= 4 is 11.3 Å². The smallest absolute Gasteiger partial charge is 0.263 e. The largest absolute Gasteiger partial charge is 0.349 e. The zero-order valence-corrected chi connectivity index (χ0v) is 16.3. The van der Waals surface area contributed by atoms with Crippen molar-refractivity contribution in [1.82, 2.24) is 29.4 Å². The third-order valence-corrected chi connectivity index (χ3v) is 5.34. The summed E-state index contributed by atoms with van der Waals surface area (Å²) in [6.45, 7) is 2.37. The van der Waals surface area contributed by atoms with E-state index < -0.39 is 12.6 Å². The highest BCUT2D eigenvalue weighted by molar-refractivity contribution is 5.92. The van der Waals surface area contributed by atoms with Crippen LogP contribution in [0.5, 0.6) is 0 Å². The van der Waals surface area contributed by atoms with E-state index in [4.69, 9.17) is 4.98 Å². The summed E-state index contributed by atoms with van der Waals surface area (Å²) in [6.07, 6.45) is -0.294. The van der Waals surface area contributed by atoms with Crippen LogP contribution >= 0.6 is 0 Å². The summed E-state index contributed by atoms with van der Waals surface area (Å²) in [7, 11) is 1.78. The lowest BCUT2D eigenvalue weighted by Crippen LogP contribution is -2.49. The minimum absolute atomic E-state index is 0.0417. The number of halogens is 3. The molecular weight excluding hydrogens is 395 g/mol. The molecule has 0 amide bonds. The lowest BCUT2D eigenvalue weighted by Gasteiger charge is -2.35. The number of imidazole rings is 1. The van der Waals surface area contributed by atoms with Crippen LogP contribution in [0, 0.1) is 6.92 Å². The van der Waals surface area contributed by atoms with E-state index in [1.54, 1.807) is 34.6 Å². The zero-order valence-electron chi connectivity index (χ0n) is 16.3. The van der Waals surface area contributed by atoms with Gasteiger partial charge >= 0.3 is 0 Å². The Kier molecular flexibility index (Phi) is 4.23. The van der Waals surface area contributed by atoms with E-state index in [1.165, 1.54) is 18.5 Å². The van der Waals surface area contributed by atoms with Gasteiger partial charge in [0.05, 0.1) is 25.0 Å². The van der Waals surface area contributed by atoms with Gasteiger partial charge in [0.15, 0.2) is 5.82 Å². The van der Waals surface area contributed by atoms with E-state index in [0.29, 0.717) is 22.9 Å². The fourth-order valence-electron chi connectivity index (χ4n) is 3.82. The van der Waals surface area contributed by atoms with E-state index in [-0.39, 0.29) is 18.7 Å². The molecule has 4 heterocycles. The molecule has 0 saturated carbocycles. The molecule has 0 bridgehead atoms. The third-order valence-electron chi connectivity index (χ3n) is 5.34. The maximum absolute atomic E-state index is 13.5. The summed E-state index contributed by atoms with van der Waals surface area (Å²) in [6, 6.07) is 6.11. The second-order valence-corrected chi connectivity index (χ2v) is 7.31. The number of nitrogens with zero attached hydrogens (tertiary/aromatic N) is 7. The van der Waals surface area contributed by atoms with Gasteiger partial charge in [0, 0.05) is 23.7 Å². The summed E-state index contributed by atoms with van der Waals surface area (Å²) >= 11 is 0. The molecule has 0 atom stereocenters. The SMILES string of the molecule is Cc1nc(-c2cnn(C)c2-c2ccc(C(F)F)cc2)c2c(N3CC(F)C3)ncnn12. The molecule has 1 aliphatic rings. The average molecular weight is 413 g/mol. The Morgan fingerprint density at radius 3 is 2.50 bits per heavy atom. The Hall–Kier alpha value is -3.43. The molecule has 154 valence electrons.